The number of hydrogen-bond acceptors (Lipinski definition) is 3. The number of halogens is 6. The van der Waals surface area contributed by atoms with Gasteiger partial charge in [0.1, 0.15) is 5.75 Å². The van der Waals surface area contributed by atoms with E-state index in [0.29, 0.717) is 24.4 Å². The van der Waals surface area contributed by atoms with Gasteiger partial charge in [0.2, 0.25) is 0 Å². The summed E-state index contributed by atoms with van der Waals surface area (Å²) in [6, 6.07) is 3.86. The number of benzene rings is 1. The first-order valence-electron chi connectivity index (χ1n) is 8.66. The molecule has 0 spiro atoms. The van der Waals surface area contributed by atoms with Crippen LogP contribution in [0.4, 0.5) is 22.0 Å². The lowest BCUT2D eigenvalue weighted by Gasteiger charge is -2.17. The molecule has 0 amide bonds. The Balaban J connectivity index is 2.47. The standard InChI is InChI=1S/C18H20ClF5N2O2/c1-3-12-15(19)16(26(4-2)25-12)11-6-5-10(9-14(11)28-17(20)21)13(27)7-8-18(22,23)24/h5-6,9,13,17,27H,3-4,7-8H2,1-2H3. The van der Waals surface area contributed by atoms with E-state index in [1.807, 2.05) is 6.92 Å². The zero-order valence-electron chi connectivity index (χ0n) is 15.2. The molecule has 0 saturated carbocycles. The summed E-state index contributed by atoms with van der Waals surface area (Å²) in [7, 11) is 0. The molecule has 0 aliphatic rings. The van der Waals surface area contributed by atoms with Crippen molar-refractivity contribution in [1.29, 1.82) is 0 Å². The summed E-state index contributed by atoms with van der Waals surface area (Å²) < 4.78 is 69.1. The molecule has 28 heavy (non-hydrogen) atoms. The Morgan fingerprint density at radius 3 is 2.46 bits per heavy atom. The summed E-state index contributed by atoms with van der Waals surface area (Å²) in [6.45, 7) is 0.895. The summed E-state index contributed by atoms with van der Waals surface area (Å²) in [4.78, 5) is 0. The minimum atomic E-state index is -4.43. The van der Waals surface area contributed by atoms with E-state index < -0.39 is 31.7 Å². The number of nitrogens with zero attached hydrogens (tertiary/aromatic N) is 2. The predicted molar refractivity (Wildman–Crippen MR) is 94.6 cm³/mol. The van der Waals surface area contributed by atoms with E-state index in [1.165, 1.54) is 16.8 Å². The predicted octanol–water partition coefficient (Wildman–Crippen LogP) is 5.76. The van der Waals surface area contributed by atoms with Gasteiger partial charge in [-0.05, 0) is 37.5 Å². The summed E-state index contributed by atoms with van der Waals surface area (Å²) >= 11 is 6.35. The molecule has 4 nitrogen and oxygen atoms in total. The van der Waals surface area contributed by atoms with Crippen molar-refractivity contribution in [2.75, 3.05) is 0 Å². The van der Waals surface area contributed by atoms with Crippen LogP contribution in [-0.2, 0) is 13.0 Å². The Morgan fingerprint density at radius 1 is 1.25 bits per heavy atom. The molecule has 2 aromatic rings. The Hall–Kier alpha value is -1.87. The maximum absolute atomic E-state index is 12.9. The smallest absolute Gasteiger partial charge is 0.389 e. The summed E-state index contributed by atoms with van der Waals surface area (Å²) in [5, 5.41) is 14.6. The van der Waals surface area contributed by atoms with Gasteiger partial charge in [0.25, 0.3) is 0 Å². The zero-order valence-corrected chi connectivity index (χ0v) is 16.0. The van der Waals surface area contributed by atoms with Gasteiger partial charge in [-0.25, -0.2) is 0 Å². The van der Waals surface area contributed by atoms with E-state index in [4.69, 9.17) is 11.6 Å². The molecule has 156 valence electrons. The number of aliphatic hydroxyl groups excluding tert-OH is 1. The number of hydrogen-bond donors (Lipinski definition) is 1. The van der Waals surface area contributed by atoms with Crippen molar-refractivity contribution in [3.63, 3.8) is 0 Å². The lowest BCUT2D eigenvalue weighted by molar-refractivity contribution is -0.140. The number of aryl methyl sites for hydroxylation is 2. The molecular weight excluding hydrogens is 407 g/mol. The molecule has 0 saturated heterocycles. The highest BCUT2D eigenvalue weighted by atomic mass is 35.5. The van der Waals surface area contributed by atoms with Crippen LogP contribution in [0.3, 0.4) is 0 Å². The maximum atomic E-state index is 12.9. The van der Waals surface area contributed by atoms with Crippen molar-refractivity contribution in [1.82, 2.24) is 9.78 Å². The van der Waals surface area contributed by atoms with Crippen LogP contribution in [0.25, 0.3) is 11.3 Å². The molecule has 0 bridgehead atoms. The van der Waals surface area contributed by atoms with Crippen molar-refractivity contribution in [2.24, 2.45) is 0 Å². The fraction of sp³-hybridized carbons (Fsp3) is 0.500. The molecule has 0 aliphatic carbocycles. The normalized spacial score (nSPS) is 13.2. The highest BCUT2D eigenvalue weighted by Gasteiger charge is 2.29. The van der Waals surface area contributed by atoms with Crippen LogP contribution < -0.4 is 4.74 Å². The Kier molecular flexibility index (Phi) is 7.28. The molecule has 1 unspecified atom stereocenters. The molecule has 1 heterocycles. The van der Waals surface area contributed by atoms with Crippen LogP contribution in [0, 0.1) is 0 Å². The second-order valence-electron chi connectivity index (χ2n) is 6.08. The van der Waals surface area contributed by atoms with E-state index in [0.717, 1.165) is 6.07 Å². The zero-order chi connectivity index (χ0) is 21.1. The van der Waals surface area contributed by atoms with Gasteiger partial charge in [0.05, 0.1) is 22.5 Å². The molecule has 1 aromatic carbocycles. The van der Waals surface area contributed by atoms with Gasteiger partial charge in [0.15, 0.2) is 0 Å². The molecule has 1 atom stereocenters. The Bertz CT molecular complexity index is 808. The van der Waals surface area contributed by atoms with Crippen LogP contribution in [0.5, 0.6) is 5.75 Å². The lowest BCUT2D eigenvalue weighted by Crippen LogP contribution is -2.11. The van der Waals surface area contributed by atoms with Gasteiger partial charge >= 0.3 is 12.8 Å². The molecule has 10 heteroatoms. The SMILES string of the molecule is CCc1nn(CC)c(-c2ccc(C(O)CCC(F)(F)F)cc2OC(F)F)c1Cl. The Labute approximate surface area is 163 Å². The first-order valence-corrected chi connectivity index (χ1v) is 9.04. The van der Waals surface area contributed by atoms with Crippen LogP contribution in [-0.4, -0.2) is 27.7 Å². The summed E-state index contributed by atoms with van der Waals surface area (Å²) in [6.07, 6.45) is -7.17. The average Bonchev–Trinajstić information content (AvgIpc) is 2.94. The van der Waals surface area contributed by atoms with Crippen LogP contribution in [0.15, 0.2) is 18.2 Å². The summed E-state index contributed by atoms with van der Waals surface area (Å²) in [5.41, 5.74) is 1.20. The van der Waals surface area contributed by atoms with Crippen molar-refractivity contribution in [3.05, 3.63) is 34.5 Å². The van der Waals surface area contributed by atoms with Gasteiger partial charge in [-0.15, -0.1) is 0 Å². The number of alkyl halides is 5. The second-order valence-corrected chi connectivity index (χ2v) is 6.46. The van der Waals surface area contributed by atoms with E-state index in [9.17, 15) is 27.1 Å². The van der Waals surface area contributed by atoms with Gasteiger partial charge in [0, 0.05) is 18.5 Å². The lowest BCUT2D eigenvalue weighted by atomic mass is 10.0. The number of aliphatic hydroxyl groups is 1. The second kappa shape index (κ2) is 9.09. The number of aromatic nitrogens is 2. The van der Waals surface area contributed by atoms with Gasteiger partial charge < -0.3 is 9.84 Å². The van der Waals surface area contributed by atoms with Crippen molar-refractivity contribution < 1.29 is 31.8 Å². The van der Waals surface area contributed by atoms with Crippen LogP contribution >= 0.6 is 11.6 Å². The molecule has 0 aliphatic heterocycles. The van der Waals surface area contributed by atoms with Gasteiger partial charge in [-0.1, -0.05) is 24.6 Å². The first kappa shape index (κ1) is 22.4. The largest absolute Gasteiger partial charge is 0.434 e. The molecule has 1 aromatic heterocycles. The first-order chi connectivity index (χ1) is 13.1. The van der Waals surface area contributed by atoms with E-state index in [2.05, 4.69) is 9.84 Å². The van der Waals surface area contributed by atoms with Crippen LogP contribution in [0.2, 0.25) is 5.02 Å². The Morgan fingerprint density at radius 2 is 1.93 bits per heavy atom. The quantitative estimate of drug-likeness (QED) is 0.546. The van der Waals surface area contributed by atoms with Crippen molar-refractivity contribution in [3.8, 4) is 17.0 Å². The fourth-order valence-corrected chi connectivity index (χ4v) is 3.17. The minimum Gasteiger partial charge on any atom is -0.434 e. The molecule has 0 fully saturated rings. The topological polar surface area (TPSA) is 47.3 Å². The monoisotopic (exact) mass is 426 g/mol. The molecule has 0 radical (unpaired) electrons. The summed E-state index contributed by atoms with van der Waals surface area (Å²) in [5.74, 6) is -0.294. The third kappa shape index (κ3) is 5.35. The van der Waals surface area contributed by atoms with E-state index >= 15 is 0 Å². The third-order valence-electron chi connectivity index (χ3n) is 4.16. The average molecular weight is 427 g/mol. The maximum Gasteiger partial charge on any atom is 0.389 e. The molecule has 1 N–H and O–H groups in total. The minimum absolute atomic E-state index is 0.0399. The molecular formula is C18H20ClF5N2O2. The van der Waals surface area contributed by atoms with Crippen molar-refractivity contribution >= 4 is 11.6 Å². The van der Waals surface area contributed by atoms with Crippen LogP contribution in [0.1, 0.15) is 44.1 Å². The van der Waals surface area contributed by atoms with E-state index in [1.54, 1.807) is 6.92 Å². The highest BCUT2D eigenvalue weighted by molar-refractivity contribution is 6.33. The number of rotatable bonds is 8. The van der Waals surface area contributed by atoms with Gasteiger partial charge in [-0.2, -0.15) is 27.1 Å². The fourth-order valence-electron chi connectivity index (χ4n) is 2.80. The van der Waals surface area contributed by atoms with Crippen molar-refractivity contribution in [2.45, 2.75) is 58.5 Å². The third-order valence-corrected chi connectivity index (χ3v) is 4.56. The van der Waals surface area contributed by atoms with E-state index in [-0.39, 0.29) is 21.9 Å². The highest BCUT2D eigenvalue weighted by Crippen LogP contribution is 2.39. The number of ether oxygens (including phenoxy) is 1. The molecule has 2 rings (SSSR count). The van der Waals surface area contributed by atoms with Gasteiger partial charge in [-0.3, -0.25) is 4.68 Å².